The second-order valence-electron chi connectivity index (χ2n) is 5.30. The van der Waals surface area contributed by atoms with Crippen LogP contribution in [0.3, 0.4) is 0 Å². The maximum absolute atomic E-state index is 11.9. The van der Waals surface area contributed by atoms with Crippen molar-refractivity contribution in [3.63, 3.8) is 0 Å². The van der Waals surface area contributed by atoms with Crippen molar-refractivity contribution in [2.24, 2.45) is 0 Å². The molecular weight excluding hydrogens is 346 g/mol. The summed E-state index contributed by atoms with van der Waals surface area (Å²) in [4.78, 5) is 11.8. The molecule has 0 aliphatic carbocycles. The second kappa shape index (κ2) is 6.13. The largest absolute Gasteiger partial charge is 0.461 e. The molecule has 0 aromatic heterocycles. The number of ether oxygens (including phenoxy) is 1. The van der Waals surface area contributed by atoms with Crippen LogP contribution in [-0.2, 0) is 14.6 Å². The predicted molar refractivity (Wildman–Crippen MR) is 82.4 cm³/mol. The zero-order chi connectivity index (χ0) is 15.6. The lowest BCUT2D eigenvalue weighted by molar-refractivity contribution is 0.0529. The van der Waals surface area contributed by atoms with Gasteiger partial charge < -0.3 is 10.5 Å². The summed E-state index contributed by atoms with van der Waals surface area (Å²) in [5.41, 5.74) is 6.37. The first-order valence-electron chi connectivity index (χ1n) is 5.99. The van der Waals surface area contributed by atoms with Gasteiger partial charge in [-0.2, -0.15) is 0 Å². The van der Waals surface area contributed by atoms with Crippen LogP contribution in [0.4, 0.5) is 5.69 Å². The van der Waals surface area contributed by atoms with Crippen LogP contribution < -0.4 is 5.73 Å². The van der Waals surface area contributed by atoms with Crippen molar-refractivity contribution in [3.8, 4) is 0 Å². The number of nitrogen functional groups attached to an aromatic ring is 1. The number of hydrogen-bond acceptors (Lipinski definition) is 5. The van der Waals surface area contributed by atoms with Crippen LogP contribution >= 0.6 is 15.9 Å². The molecule has 2 N–H and O–H groups in total. The molecule has 0 heterocycles. The Labute approximate surface area is 127 Å². The van der Waals surface area contributed by atoms with E-state index in [2.05, 4.69) is 15.9 Å². The standard InChI is InChI=1S/C13H18BrNO4S/c1-13(2,3)20(17,18)7-6-19-12(16)9-4-5-10(14)11(15)8-9/h4-5,8H,6-7,15H2,1-3H3. The molecular formula is C13H18BrNO4S. The average molecular weight is 364 g/mol. The Morgan fingerprint density at radius 3 is 2.45 bits per heavy atom. The van der Waals surface area contributed by atoms with Crippen LogP contribution in [0.2, 0.25) is 0 Å². The third kappa shape index (κ3) is 4.21. The molecule has 1 aromatic rings. The third-order valence-corrected chi connectivity index (χ3v) is 6.04. The van der Waals surface area contributed by atoms with Gasteiger partial charge in [0, 0.05) is 10.2 Å². The number of nitrogens with two attached hydrogens (primary N) is 1. The highest BCUT2D eigenvalue weighted by Crippen LogP contribution is 2.21. The maximum Gasteiger partial charge on any atom is 0.338 e. The van der Waals surface area contributed by atoms with Crippen molar-refractivity contribution in [2.45, 2.75) is 25.5 Å². The summed E-state index contributed by atoms with van der Waals surface area (Å²) in [6.45, 7) is 4.66. The van der Waals surface area contributed by atoms with Gasteiger partial charge in [-0.25, -0.2) is 13.2 Å². The number of halogens is 1. The Hall–Kier alpha value is -1.08. The van der Waals surface area contributed by atoms with Crippen LogP contribution in [0.25, 0.3) is 0 Å². The van der Waals surface area contributed by atoms with Gasteiger partial charge in [-0.3, -0.25) is 0 Å². The Bertz CT molecular complexity index is 605. The van der Waals surface area contributed by atoms with Crippen molar-refractivity contribution < 1.29 is 17.9 Å². The highest BCUT2D eigenvalue weighted by Gasteiger charge is 2.28. The minimum atomic E-state index is -3.30. The van der Waals surface area contributed by atoms with Gasteiger partial charge in [-0.15, -0.1) is 0 Å². The second-order valence-corrected chi connectivity index (χ2v) is 9.02. The Morgan fingerprint density at radius 1 is 1.35 bits per heavy atom. The third-order valence-electron chi connectivity index (χ3n) is 2.75. The summed E-state index contributed by atoms with van der Waals surface area (Å²) in [6.07, 6.45) is 0. The molecule has 0 aliphatic heterocycles. The summed E-state index contributed by atoms with van der Waals surface area (Å²) < 4.78 is 28.5. The number of benzene rings is 1. The molecule has 5 nitrogen and oxygen atoms in total. The van der Waals surface area contributed by atoms with Crippen molar-refractivity contribution in [2.75, 3.05) is 18.1 Å². The fraction of sp³-hybridized carbons (Fsp3) is 0.462. The molecule has 20 heavy (non-hydrogen) atoms. The van der Waals surface area contributed by atoms with Crippen LogP contribution in [-0.4, -0.2) is 31.5 Å². The molecule has 0 bridgehead atoms. The number of esters is 1. The molecule has 0 aliphatic rings. The van der Waals surface area contributed by atoms with E-state index in [1.807, 2.05) is 0 Å². The van der Waals surface area contributed by atoms with E-state index < -0.39 is 20.6 Å². The quantitative estimate of drug-likeness (QED) is 0.655. The average Bonchev–Trinajstić information content (AvgIpc) is 2.30. The van der Waals surface area contributed by atoms with Crippen LogP contribution in [0.1, 0.15) is 31.1 Å². The van der Waals surface area contributed by atoms with Gasteiger partial charge in [-0.1, -0.05) is 0 Å². The lowest BCUT2D eigenvalue weighted by Gasteiger charge is -2.18. The fourth-order valence-corrected chi connectivity index (χ4v) is 2.47. The van der Waals surface area contributed by atoms with Crippen molar-refractivity contribution in [1.29, 1.82) is 0 Å². The zero-order valence-electron chi connectivity index (χ0n) is 11.6. The van der Waals surface area contributed by atoms with Gasteiger partial charge in [-0.05, 0) is 54.9 Å². The van der Waals surface area contributed by atoms with Crippen LogP contribution in [0.15, 0.2) is 22.7 Å². The molecule has 0 saturated carbocycles. The predicted octanol–water partition coefficient (Wildman–Crippen LogP) is 2.40. The molecule has 0 saturated heterocycles. The van der Waals surface area contributed by atoms with Crippen LogP contribution in [0.5, 0.6) is 0 Å². The zero-order valence-corrected chi connectivity index (χ0v) is 14.0. The monoisotopic (exact) mass is 363 g/mol. The minimum Gasteiger partial charge on any atom is -0.461 e. The lowest BCUT2D eigenvalue weighted by atomic mass is 10.2. The molecule has 0 fully saturated rings. The Morgan fingerprint density at radius 2 is 1.95 bits per heavy atom. The summed E-state index contributed by atoms with van der Waals surface area (Å²) in [6, 6.07) is 4.67. The van der Waals surface area contributed by atoms with Crippen molar-refractivity contribution >= 4 is 37.4 Å². The summed E-state index contributed by atoms with van der Waals surface area (Å²) in [7, 11) is -3.30. The van der Waals surface area contributed by atoms with Gasteiger partial charge >= 0.3 is 5.97 Å². The van der Waals surface area contributed by atoms with Crippen molar-refractivity contribution in [1.82, 2.24) is 0 Å². The number of rotatable bonds is 4. The van der Waals surface area contributed by atoms with E-state index in [1.54, 1.807) is 32.9 Å². The Kier molecular flexibility index (Phi) is 5.21. The number of carbonyl (C=O) groups excluding carboxylic acids is 1. The normalized spacial score (nSPS) is 12.2. The maximum atomic E-state index is 11.9. The van der Waals surface area contributed by atoms with Gasteiger partial charge in [0.1, 0.15) is 6.61 Å². The molecule has 7 heteroatoms. The molecule has 0 unspecified atom stereocenters. The highest BCUT2D eigenvalue weighted by molar-refractivity contribution is 9.10. The van der Waals surface area contributed by atoms with E-state index in [0.29, 0.717) is 15.7 Å². The minimum absolute atomic E-state index is 0.172. The number of carbonyl (C=O) groups is 1. The topological polar surface area (TPSA) is 86.5 Å². The lowest BCUT2D eigenvalue weighted by Crippen LogP contribution is -2.32. The van der Waals surface area contributed by atoms with Gasteiger partial charge in [0.05, 0.1) is 16.1 Å². The SMILES string of the molecule is CC(C)(C)S(=O)(=O)CCOC(=O)c1ccc(Br)c(N)c1. The smallest absolute Gasteiger partial charge is 0.338 e. The van der Waals surface area contributed by atoms with E-state index in [1.165, 1.54) is 6.07 Å². The van der Waals surface area contributed by atoms with Crippen LogP contribution in [0, 0.1) is 0 Å². The summed E-state index contributed by atoms with van der Waals surface area (Å²) >= 11 is 3.22. The molecule has 0 atom stereocenters. The van der Waals surface area contributed by atoms with E-state index in [-0.39, 0.29) is 12.4 Å². The number of sulfone groups is 1. The fourth-order valence-electron chi connectivity index (χ4n) is 1.30. The van der Waals surface area contributed by atoms with Gasteiger partial charge in [0.2, 0.25) is 0 Å². The molecule has 0 radical (unpaired) electrons. The van der Waals surface area contributed by atoms with E-state index >= 15 is 0 Å². The number of anilines is 1. The van der Waals surface area contributed by atoms with E-state index in [4.69, 9.17) is 10.5 Å². The molecule has 0 amide bonds. The Balaban J connectivity index is 2.63. The number of hydrogen-bond donors (Lipinski definition) is 1. The van der Waals surface area contributed by atoms with Gasteiger partial charge in [0.15, 0.2) is 9.84 Å². The summed E-state index contributed by atoms with van der Waals surface area (Å²) in [5.74, 6) is -0.790. The van der Waals surface area contributed by atoms with Gasteiger partial charge in [0.25, 0.3) is 0 Å². The molecule has 0 spiro atoms. The summed E-state index contributed by atoms with van der Waals surface area (Å²) in [5, 5.41) is 0. The molecule has 1 aromatic carbocycles. The van der Waals surface area contributed by atoms with Crippen molar-refractivity contribution in [3.05, 3.63) is 28.2 Å². The highest BCUT2D eigenvalue weighted by atomic mass is 79.9. The first-order chi connectivity index (χ1) is 9.04. The first-order valence-corrected chi connectivity index (χ1v) is 8.43. The van der Waals surface area contributed by atoms with E-state index in [0.717, 1.165) is 0 Å². The molecule has 112 valence electrons. The van der Waals surface area contributed by atoms with E-state index in [9.17, 15) is 13.2 Å². The first kappa shape index (κ1) is 17.0. The molecule has 1 rings (SSSR count).